The summed E-state index contributed by atoms with van der Waals surface area (Å²) in [7, 11) is -2.06. The Labute approximate surface area is 171 Å². The van der Waals surface area contributed by atoms with Gasteiger partial charge in [-0.25, -0.2) is 13.6 Å². The fraction of sp³-hybridized carbons (Fsp3) is 0.150. The van der Waals surface area contributed by atoms with E-state index in [1.807, 2.05) is 25.1 Å². The van der Waals surface area contributed by atoms with Gasteiger partial charge >= 0.3 is 0 Å². The highest BCUT2D eigenvalue weighted by atomic mass is 32.2. The third-order valence-corrected chi connectivity index (χ3v) is 8.15. The number of carbonyl (C=O) groups is 1. The number of fused-ring (bicyclic) bond motifs is 3. The molecule has 2 N–H and O–H groups in total. The van der Waals surface area contributed by atoms with Crippen LogP contribution in [0.3, 0.4) is 0 Å². The summed E-state index contributed by atoms with van der Waals surface area (Å²) >= 11 is 3.17. The predicted molar refractivity (Wildman–Crippen MR) is 116 cm³/mol. The van der Waals surface area contributed by atoms with Crippen LogP contribution in [-0.2, 0) is 10.0 Å². The van der Waals surface area contributed by atoms with Crippen LogP contribution in [0, 0.1) is 0 Å². The molecule has 0 spiro atoms. The minimum absolute atomic E-state index is 0.0424. The molecule has 2 aromatic carbocycles. The Morgan fingerprint density at radius 2 is 1.79 bits per heavy atom. The molecule has 0 saturated carbocycles. The number of nitrogens with two attached hydrogens (primary N) is 1. The summed E-state index contributed by atoms with van der Waals surface area (Å²) in [5.41, 5.74) is 0.714. The zero-order valence-electron chi connectivity index (χ0n) is 15.2. The Balaban J connectivity index is 1.65. The van der Waals surface area contributed by atoms with Crippen molar-refractivity contribution in [1.29, 1.82) is 0 Å². The van der Waals surface area contributed by atoms with Gasteiger partial charge in [0.1, 0.15) is 0 Å². The minimum Gasteiger partial charge on any atom is -0.334 e. The first kappa shape index (κ1) is 19.1. The van der Waals surface area contributed by atoms with Crippen LogP contribution in [0.4, 0.5) is 0 Å². The van der Waals surface area contributed by atoms with Gasteiger partial charge in [0.05, 0.1) is 20.5 Å². The lowest BCUT2D eigenvalue weighted by molar-refractivity contribution is 0.0747. The van der Waals surface area contributed by atoms with Crippen LogP contribution in [0.2, 0.25) is 0 Å². The molecule has 0 fully saturated rings. The molecule has 5 nitrogen and oxygen atoms in total. The van der Waals surface area contributed by atoms with Crippen LogP contribution in [0.5, 0.6) is 0 Å². The quantitative estimate of drug-likeness (QED) is 0.514. The van der Waals surface area contributed by atoms with Gasteiger partial charge in [-0.15, -0.1) is 22.7 Å². The Morgan fingerprint density at radius 1 is 1.04 bits per heavy atom. The fourth-order valence-electron chi connectivity index (χ4n) is 3.13. The molecule has 8 heteroatoms. The lowest BCUT2D eigenvalue weighted by atomic mass is 10.1. The van der Waals surface area contributed by atoms with E-state index in [0.29, 0.717) is 10.4 Å². The van der Waals surface area contributed by atoms with E-state index in [-0.39, 0.29) is 16.8 Å². The monoisotopic (exact) mass is 430 g/mol. The fourth-order valence-corrected chi connectivity index (χ4v) is 6.21. The summed E-state index contributed by atoms with van der Waals surface area (Å²) in [6, 6.07) is 16.2. The summed E-state index contributed by atoms with van der Waals surface area (Å²) in [6.45, 7) is 1.87. The molecule has 0 aliphatic rings. The third kappa shape index (κ3) is 3.33. The summed E-state index contributed by atoms with van der Waals surface area (Å²) in [5, 5.41) is 6.39. The number of amides is 1. The topological polar surface area (TPSA) is 80.5 Å². The molecule has 2 aromatic heterocycles. The number of nitrogens with zero attached hydrogens (tertiary/aromatic N) is 1. The first-order chi connectivity index (χ1) is 13.3. The predicted octanol–water partition coefficient (Wildman–Crippen LogP) is 4.60. The second-order valence-corrected chi connectivity index (χ2v) is 10.3. The molecule has 28 heavy (non-hydrogen) atoms. The van der Waals surface area contributed by atoms with Crippen LogP contribution in [-0.4, -0.2) is 26.3 Å². The zero-order chi connectivity index (χ0) is 20.1. The van der Waals surface area contributed by atoms with Gasteiger partial charge in [-0.05, 0) is 36.8 Å². The standard InChI is InChI=1S/C20H18N2O3S3/c1-12(13-6-5-7-14(10-13)28(21,24)25)22(2)20(23)18-11-17-19(27-18)15-8-3-4-9-16(15)26-17/h3-12H,1-2H3,(H2,21,24,25). The smallest absolute Gasteiger partial charge is 0.264 e. The maximum Gasteiger partial charge on any atom is 0.264 e. The lowest BCUT2D eigenvalue weighted by Crippen LogP contribution is -2.29. The average Bonchev–Trinajstić information content (AvgIpc) is 3.23. The van der Waals surface area contributed by atoms with Crippen LogP contribution >= 0.6 is 22.7 Å². The number of rotatable bonds is 4. The number of primary sulfonamides is 1. The molecule has 144 valence electrons. The highest BCUT2D eigenvalue weighted by Gasteiger charge is 2.23. The lowest BCUT2D eigenvalue weighted by Gasteiger charge is -2.25. The van der Waals surface area contributed by atoms with Gasteiger partial charge in [-0.2, -0.15) is 0 Å². The zero-order valence-corrected chi connectivity index (χ0v) is 17.7. The molecule has 0 radical (unpaired) electrons. The summed E-state index contributed by atoms with van der Waals surface area (Å²) < 4.78 is 26.7. The number of thiophene rings is 2. The molecule has 2 heterocycles. The van der Waals surface area contributed by atoms with E-state index in [9.17, 15) is 13.2 Å². The summed E-state index contributed by atoms with van der Waals surface area (Å²) in [4.78, 5) is 15.4. The van der Waals surface area contributed by atoms with Crippen molar-refractivity contribution < 1.29 is 13.2 Å². The minimum atomic E-state index is -3.79. The van der Waals surface area contributed by atoms with Gasteiger partial charge in [-0.3, -0.25) is 4.79 Å². The Kier molecular flexibility index (Phi) is 4.75. The van der Waals surface area contributed by atoms with E-state index < -0.39 is 10.0 Å². The van der Waals surface area contributed by atoms with E-state index in [1.54, 1.807) is 35.4 Å². The second-order valence-electron chi connectivity index (χ2n) is 6.61. The van der Waals surface area contributed by atoms with Crippen LogP contribution in [0.15, 0.2) is 59.5 Å². The Morgan fingerprint density at radius 3 is 2.54 bits per heavy atom. The summed E-state index contributed by atoms with van der Waals surface area (Å²) in [6.07, 6.45) is 0. The van der Waals surface area contributed by atoms with Gasteiger partial charge < -0.3 is 4.90 Å². The highest BCUT2D eigenvalue weighted by Crippen LogP contribution is 2.40. The molecule has 0 aliphatic heterocycles. The van der Waals surface area contributed by atoms with Crippen molar-refractivity contribution in [2.45, 2.75) is 17.9 Å². The van der Waals surface area contributed by atoms with Crippen molar-refractivity contribution >= 4 is 58.1 Å². The van der Waals surface area contributed by atoms with Crippen molar-refractivity contribution in [1.82, 2.24) is 4.90 Å². The molecule has 1 amide bonds. The van der Waals surface area contributed by atoms with E-state index in [0.717, 1.165) is 9.40 Å². The van der Waals surface area contributed by atoms with Crippen molar-refractivity contribution in [3.05, 3.63) is 65.0 Å². The number of carbonyl (C=O) groups excluding carboxylic acids is 1. The number of benzene rings is 2. The van der Waals surface area contributed by atoms with Gasteiger partial charge in [0.25, 0.3) is 5.91 Å². The van der Waals surface area contributed by atoms with Crippen LogP contribution < -0.4 is 5.14 Å². The molecule has 4 aromatic rings. The van der Waals surface area contributed by atoms with Crippen molar-refractivity contribution in [3.63, 3.8) is 0 Å². The van der Waals surface area contributed by atoms with Crippen molar-refractivity contribution in [2.75, 3.05) is 7.05 Å². The molecular formula is C20H18N2O3S3. The van der Waals surface area contributed by atoms with Crippen molar-refractivity contribution in [3.8, 4) is 0 Å². The molecule has 0 aliphatic carbocycles. The maximum absolute atomic E-state index is 13.0. The second kappa shape index (κ2) is 6.97. The maximum atomic E-state index is 13.0. The van der Waals surface area contributed by atoms with Gasteiger partial charge in [0.2, 0.25) is 10.0 Å². The molecule has 0 saturated heterocycles. The molecule has 4 rings (SSSR count). The van der Waals surface area contributed by atoms with Crippen LogP contribution in [0.1, 0.15) is 28.2 Å². The average molecular weight is 431 g/mol. The molecular weight excluding hydrogens is 412 g/mol. The molecule has 1 atom stereocenters. The Hall–Kier alpha value is -2.26. The van der Waals surface area contributed by atoms with Gasteiger partial charge in [-0.1, -0.05) is 30.3 Å². The molecule has 0 bridgehead atoms. The van der Waals surface area contributed by atoms with E-state index in [2.05, 4.69) is 12.1 Å². The van der Waals surface area contributed by atoms with Gasteiger partial charge in [0, 0.05) is 21.8 Å². The van der Waals surface area contributed by atoms with Crippen LogP contribution in [0.25, 0.3) is 19.5 Å². The normalized spacial score (nSPS) is 13.1. The van der Waals surface area contributed by atoms with E-state index >= 15 is 0 Å². The number of sulfonamides is 1. The van der Waals surface area contributed by atoms with E-state index in [4.69, 9.17) is 5.14 Å². The SMILES string of the molecule is CC(c1cccc(S(N)(=O)=O)c1)N(C)C(=O)c1cc2sc3ccccc3c2s1. The number of hydrogen-bond donors (Lipinski definition) is 1. The molecule has 1 unspecified atom stereocenters. The van der Waals surface area contributed by atoms with Crippen molar-refractivity contribution in [2.24, 2.45) is 5.14 Å². The number of hydrogen-bond acceptors (Lipinski definition) is 5. The van der Waals surface area contributed by atoms with E-state index in [1.165, 1.54) is 33.6 Å². The first-order valence-electron chi connectivity index (χ1n) is 8.56. The highest BCUT2D eigenvalue weighted by molar-refractivity contribution is 7.89. The largest absolute Gasteiger partial charge is 0.334 e. The first-order valence-corrected chi connectivity index (χ1v) is 11.7. The summed E-state index contributed by atoms with van der Waals surface area (Å²) in [5.74, 6) is -0.0917. The Bertz CT molecular complexity index is 1300. The van der Waals surface area contributed by atoms with Gasteiger partial charge in [0.15, 0.2) is 0 Å². The third-order valence-electron chi connectivity index (χ3n) is 4.83.